The monoisotopic (exact) mass is 498 g/mol. The largest absolute Gasteiger partial charge is 0.461 e. The summed E-state index contributed by atoms with van der Waals surface area (Å²) in [6.07, 6.45) is 3.29. The number of halogens is 1. The van der Waals surface area contributed by atoms with Crippen molar-refractivity contribution in [2.45, 2.75) is 33.2 Å². The van der Waals surface area contributed by atoms with E-state index < -0.39 is 0 Å². The van der Waals surface area contributed by atoms with Crippen LogP contribution in [0, 0.1) is 13.8 Å². The second-order valence-electron chi connectivity index (χ2n) is 6.26. The van der Waals surface area contributed by atoms with Crippen molar-refractivity contribution in [3.63, 3.8) is 0 Å². The van der Waals surface area contributed by atoms with Crippen molar-refractivity contribution in [1.82, 2.24) is 35.6 Å². The first-order valence-electron chi connectivity index (χ1n) is 9.06. The Hall–Kier alpha value is -2.37. The lowest BCUT2D eigenvalue weighted by Gasteiger charge is -2.11. The number of H-pyrrole nitrogens is 1. The Morgan fingerprint density at radius 2 is 2.11 bits per heavy atom. The van der Waals surface area contributed by atoms with Crippen molar-refractivity contribution in [3.8, 4) is 11.6 Å². The molecular formula is C18H27IN8O. The van der Waals surface area contributed by atoms with Gasteiger partial charge in [0.1, 0.15) is 5.82 Å². The van der Waals surface area contributed by atoms with Crippen molar-refractivity contribution in [1.29, 1.82) is 0 Å². The van der Waals surface area contributed by atoms with E-state index in [2.05, 4.69) is 48.9 Å². The third-order valence-electron chi connectivity index (χ3n) is 4.09. The van der Waals surface area contributed by atoms with E-state index in [1.54, 1.807) is 13.3 Å². The van der Waals surface area contributed by atoms with E-state index in [4.69, 9.17) is 4.42 Å². The second-order valence-corrected chi connectivity index (χ2v) is 6.26. The van der Waals surface area contributed by atoms with Crippen molar-refractivity contribution in [2.24, 2.45) is 4.99 Å². The molecular weight excluding hydrogens is 471 g/mol. The lowest BCUT2D eigenvalue weighted by Crippen LogP contribution is -2.39. The van der Waals surface area contributed by atoms with Crippen LogP contribution in [0.4, 0.5) is 0 Å². The van der Waals surface area contributed by atoms with Gasteiger partial charge in [-0.3, -0.25) is 14.8 Å². The molecule has 0 saturated heterocycles. The minimum Gasteiger partial charge on any atom is -0.461 e. The van der Waals surface area contributed by atoms with Crippen LogP contribution in [-0.2, 0) is 13.0 Å². The fourth-order valence-electron chi connectivity index (χ4n) is 2.78. The van der Waals surface area contributed by atoms with E-state index in [9.17, 15) is 0 Å². The van der Waals surface area contributed by atoms with Gasteiger partial charge in [0, 0.05) is 38.8 Å². The number of hydrogen-bond acceptors (Lipinski definition) is 5. The molecule has 9 nitrogen and oxygen atoms in total. The van der Waals surface area contributed by atoms with E-state index in [1.165, 1.54) is 5.69 Å². The molecule has 152 valence electrons. The Balaban J connectivity index is 0.00000280. The Labute approximate surface area is 181 Å². The summed E-state index contributed by atoms with van der Waals surface area (Å²) in [5, 5.41) is 18.2. The zero-order valence-electron chi connectivity index (χ0n) is 16.4. The first-order chi connectivity index (χ1) is 13.2. The van der Waals surface area contributed by atoms with Crippen molar-refractivity contribution >= 4 is 29.9 Å². The van der Waals surface area contributed by atoms with Crippen LogP contribution in [-0.4, -0.2) is 51.1 Å². The highest BCUT2D eigenvalue weighted by Crippen LogP contribution is 2.14. The van der Waals surface area contributed by atoms with Crippen LogP contribution >= 0.6 is 24.0 Å². The number of furan rings is 1. The predicted octanol–water partition coefficient (Wildman–Crippen LogP) is 2.29. The molecule has 28 heavy (non-hydrogen) atoms. The zero-order chi connectivity index (χ0) is 19.1. The van der Waals surface area contributed by atoms with Crippen LogP contribution in [0.1, 0.15) is 23.6 Å². The van der Waals surface area contributed by atoms with E-state index in [0.29, 0.717) is 24.6 Å². The SMILES string of the molecule is CN=C(NCCCn1nc(C)cc1C)NCCc1nc(-c2ccco2)n[nH]1.I. The maximum atomic E-state index is 5.29. The van der Waals surface area contributed by atoms with Crippen LogP contribution in [0.25, 0.3) is 11.6 Å². The zero-order valence-corrected chi connectivity index (χ0v) is 18.7. The molecule has 0 fully saturated rings. The Morgan fingerprint density at radius 1 is 1.29 bits per heavy atom. The number of hydrogen-bond donors (Lipinski definition) is 3. The first kappa shape index (κ1) is 21.9. The third-order valence-corrected chi connectivity index (χ3v) is 4.09. The van der Waals surface area contributed by atoms with Gasteiger partial charge in [-0.25, -0.2) is 4.98 Å². The van der Waals surface area contributed by atoms with Crippen molar-refractivity contribution < 1.29 is 4.42 Å². The van der Waals surface area contributed by atoms with Gasteiger partial charge in [0.25, 0.3) is 0 Å². The van der Waals surface area contributed by atoms with Gasteiger partial charge in [0.15, 0.2) is 11.7 Å². The third kappa shape index (κ3) is 6.08. The van der Waals surface area contributed by atoms with Gasteiger partial charge >= 0.3 is 0 Å². The molecule has 0 aliphatic heterocycles. The molecule has 0 aliphatic rings. The average molecular weight is 498 g/mol. The van der Waals surface area contributed by atoms with E-state index in [1.807, 2.05) is 23.7 Å². The van der Waals surface area contributed by atoms with Crippen LogP contribution < -0.4 is 10.6 Å². The number of aryl methyl sites for hydroxylation is 3. The molecule has 3 N–H and O–H groups in total. The van der Waals surface area contributed by atoms with Crippen LogP contribution in [0.15, 0.2) is 33.9 Å². The molecule has 0 aliphatic carbocycles. The van der Waals surface area contributed by atoms with Gasteiger partial charge < -0.3 is 15.1 Å². The number of aromatic nitrogens is 5. The first-order valence-corrected chi connectivity index (χ1v) is 9.06. The van der Waals surface area contributed by atoms with Crippen LogP contribution in [0.5, 0.6) is 0 Å². The summed E-state index contributed by atoms with van der Waals surface area (Å²) in [5.74, 6) is 2.80. The number of aromatic amines is 1. The Morgan fingerprint density at radius 3 is 2.79 bits per heavy atom. The molecule has 3 heterocycles. The molecule has 10 heteroatoms. The molecule has 3 aromatic heterocycles. The molecule has 0 bridgehead atoms. The molecule has 0 atom stereocenters. The number of guanidine groups is 1. The minimum absolute atomic E-state index is 0. The predicted molar refractivity (Wildman–Crippen MR) is 119 cm³/mol. The Bertz CT molecular complexity index is 868. The summed E-state index contributed by atoms with van der Waals surface area (Å²) in [6.45, 7) is 6.50. The van der Waals surface area contributed by atoms with Crippen LogP contribution in [0.2, 0.25) is 0 Å². The second kappa shape index (κ2) is 10.8. The summed E-state index contributed by atoms with van der Waals surface area (Å²) >= 11 is 0. The summed E-state index contributed by atoms with van der Waals surface area (Å²) in [7, 11) is 1.76. The highest BCUT2D eigenvalue weighted by Gasteiger charge is 2.08. The fourth-order valence-corrected chi connectivity index (χ4v) is 2.78. The van der Waals surface area contributed by atoms with E-state index >= 15 is 0 Å². The van der Waals surface area contributed by atoms with Gasteiger partial charge in [-0.1, -0.05) is 0 Å². The molecule has 0 spiro atoms. The molecule has 3 aromatic rings. The maximum Gasteiger partial charge on any atom is 0.216 e. The van der Waals surface area contributed by atoms with Crippen molar-refractivity contribution in [3.05, 3.63) is 41.7 Å². The fraction of sp³-hybridized carbons (Fsp3) is 0.444. The summed E-state index contributed by atoms with van der Waals surface area (Å²) in [5.41, 5.74) is 2.25. The van der Waals surface area contributed by atoms with Crippen LogP contribution in [0.3, 0.4) is 0 Å². The van der Waals surface area contributed by atoms with E-state index in [0.717, 1.165) is 37.0 Å². The quantitative estimate of drug-likeness (QED) is 0.190. The summed E-state index contributed by atoms with van der Waals surface area (Å²) < 4.78 is 7.33. The van der Waals surface area contributed by atoms with E-state index in [-0.39, 0.29) is 24.0 Å². The standard InChI is InChI=1S/C18H26N8O.HI/c1-13-12-14(2)26(25-13)10-5-8-20-18(19-3)21-9-7-16-22-17(24-23-16)15-6-4-11-27-15;/h4,6,11-12H,5,7-10H2,1-3H3,(H2,19,20,21)(H,22,23,24);1H. The minimum atomic E-state index is 0. The number of nitrogens with zero attached hydrogens (tertiary/aromatic N) is 5. The molecule has 3 rings (SSSR count). The lowest BCUT2D eigenvalue weighted by atomic mass is 10.4. The smallest absolute Gasteiger partial charge is 0.216 e. The van der Waals surface area contributed by atoms with Gasteiger partial charge in [0.05, 0.1) is 12.0 Å². The number of aliphatic imine (C=N–C) groups is 1. The van der Waals surface area contributed by atoms with Gasteiger partial charge in [-0.05, 0) is 38.5 Å². The summed E-state index contributed by atoms with van der Waals surface area (Å²) in [4.78, 5) is 8.67. The normalized spacial score (nSPS) is 11.3. The number of nitrogens with one attached hydrogen (secondary N) is 3. The molecule has 0 saturated carbocycles. The topological polar surface area (TPSA) is 109 Å². The van der Waals surface area contributed by atoms with Gasteiger partial charge in [0.2, 0.25) is 5.82 Å². The van der Waals surface area contributed by atoms with Gasteiger partial charge in [-0.2, -0.15) is 10.2 Å². The lowest BCUT2D eigenvalue weighted by molar-refractivity contribution is 0.555. The molecule has 0 aromatic carbocycles. The summed E-state index contributed by atoms with van der Waals surface area (Å²) in [6, 6.07) is 5.75. The molecule has 0 unspecified atom stereocenters. The molecule has 0 amide bonds. The highest BCUT2D eigenvalue weighted by atomic mass is 127. The highest BCUT2D eigenvalue weighted by molar-refractivity contribution is 14.0. The average Bonchev–Trinajstić information content (AvgIpc) is 3.38. The number of rotatable bonds is 8. The molecule has 0 radical (unpaired) electrons. The maximum absolute atomic E-state index is 5.29. The van der Waals surface area contributed by atoms with Crippen molar-refractivity contribution in [2.75, 3.05) is 20.1 Å². The Kier molecular flexibility index (Phi) is 8.48. The van der Waals surface area contributed by atoms with Gasteiger partial charge in [-0.15, -0.1) is 24.0 Å².